The summed E-state index contributed by atoms with van der Waals surface area (Å²) in [4.78, 5) is 6.64. The van der Waals surface area contributed by atoms with Crippen LogP contribution in [0.3, 0.4) is 0 Å². The van der Waals surface area contributed by atoms with E-state index in [1.165, 1.54) is 11.3 Å². The quantitative estimate of drug-likeness (QED) is 0.883. The zero-order valence-corrected chi connectivity index (χ0v) is 11.5. The third kappa shape index (κ3) is 3.43. The van der Waals surface area contributed by atoms with E-state index >= 15 is 0 Å². The summed E-state index contributed by atoms with van der Waals surface area (Å²) in [5, 5.41) is 3.45. The van der Waals surface area contributed by atoms with Crippen molar-refractivity contribution in [1.82, 2.24) is 10.3 Å². The third-order valence-electron chi connectivity index (χ3n) is 3.16. The van der Waals surface area contributed by atoms with E-state index in [9.17, 15) is 0 Å². The Morgan fingerprint density at radius 1 is 1.56 bits per heavy atom. The number of morpholine rings is 1. The number of rotatable bonds is 4. The molecule has 4 heteroatoms. The standard InChI is InChI=1S/C14H23N3O/c1-11(2)16-9-13-8-15-5-4-14(13)17-6-7-18-12(3)10-17/h4-5,8,11-12,16H,6-7,9-10H2,1-3H3. The number of hydrogen-bond donors (Lipinski definition) is 1. The molecule has 1 atom stereocenters. The van der Waals surface area contributed by atoms with E-state index in [2.05, 4.69) is 42.0 Å². The van der Waals surface area contributed by atoms with Crippen molar-refractivity contribution in [3.8, 4) is 0 Å². The predicted octanol–water partition coefficient (Wildman–Crippen LogP) is 1.80. The smallest absolute Gasteiger partial charge is 0.0722 e. The second kappa shape index (κ2) is 6.16. The van der Waals surface area contributed by atoms with Crippen LogP contribution in [0.15, 0.2) is 18.5 Å². The Balaban J connectivity index is 2.10. The van der Waals surface area contributed by atoms with E-state index < -0.39 is 0 Å². The SMILES string of the molecule is CC(C)NCc1cnccc1N1CCOC(C)C1. The Hall–Kier alpha value is -1.13. The van der Waals surface area contributed by atoms with Crippen LogP contribution in [0.2, 0.25) is 0 Å². The van der Waals surface area contributed by atoms with Gasteiger partial charge in [-0.15, -0.1) is 0 Å². The summed E-state index contributed by atoms with van der Waals surface area (Å²) in [5.41, 5.74) is 2.55. The van der Waals surface area contributed by atoms with Gasteiger partial charge in [0.1, 0.15) is 0 Å². The number of nitrogens with one attached hydrogen (secondary N) is 1. The van der Waals surface area contributed by atoms with Gasteiger partial charge in [-0.05, 0) is 13.0 Å². The van der Waals surface area contributed by atoms with Gasteiger partial charge in [-0.25, -0.2) is 0 Å². The monoisotopic (exact) mass is 249 g/mol. The van der Waals surface area contributed by atoms with Gasteiger partial charge in [0.15, 0.2) is 0 Å². The number of pyridine rings is 1. The number of hydrogen-bond acceptors (Lipinski definition) is 4. The molecule has 1 unspecified atom stereocenters. The minimum absolute atomic E-state index is 0.304. The fourth-order valence-electron chi connectivity index (χ4n) is 2.22. The summed E-state index contributed by atoms with van der Waals surface area (Å²) < 4.78 is 5.59. The molecule has 0 aliphatic carbocycles. The van der Waals surface area contributed by atoms with Crippen molar-refractivity contribution in [2.45, 2.75) is 39.5 Å². The van der Waals surface area contributed by atoms with Crippen molar-refractivity contribution in [2.75, 3.05) is 24.6 Å². The minimum Gasteiger partial charge on any atom is -0.375 e. The lowest BCUT2D eigenvalue weighted by Gasteiger charge is -2.34. The number of nitrogens with zero attached hydrogens (tertiary/aromatic N) is 2. The average molecular weight is 249 g/mol. The highest BCUT2D eigenvalue weighted by Gasteiger charge is 2.19. The zero-order valence-electron chi connectivity index (χ0n) is 11.5. The van der Waals surface area contributed by atoms with Crippen LogP contribution in [-0.2, 0) is 11.3 Å². The summed E-state index contributed by atoms with van der Waals surface area (Å²) in [6.07, 6.45) is 4.14. The molecule has 100 valence electrons. The maximum Gasteiger partial charge on any atom is 0.0722 e. The first kappa shape index (κ1) is 13.3. The molecule has 0 saturated carbocycles. The Labute approximate surface area is 109 Å². The molecule has 1 aromatic rings. The molecular formula is C14H23N3O. The predicted molar refractivity (Wildman–Crippen MR) is 73.8 cm³/mol. The Morgan fingerprint density at radius 3 is 3.11 bits per heavy atom. The Kier molecular flexibility index (Phi) is 4.55. The maximum atomic E-state index is 5.59. The van der Waals surface area contributed by atoms with Crippen LogP contribution < -0.4 is 10.2 Å². The number of ether oxygens (including phenoxy) is 1. The second-order valence-electron chi connectivity index (χ2n) is 5.17. The summed E-state index contributed by atoms with van der Waals surface area (Å²) >= 11 is 0. The Morgan fingerprint density at radius 2 is 2.39 bits per heavy atom. The summed E-state index contributed by atoms with van der Waals surface area (Å²) in [7, 11) is 0. The molecule has 1 N–H and O–H groups in total. The van der Waals surface area contributed by atoms with Crippen LogP contribution in [0, 0.1) is 0 Å². The molecule has 1 fully saturated rings. The van der Waals surface area contributed by atoms with Crippen molar-refractivity contribution in [3.05, 3.63) is 24.0 Å². The lowest BCUT2D eigenvalue weighted by molar-refractivity contribution is 0.0531. The van der Waals surface area contributed by atoms with Gasteiger partial charge in [0.05, 0.1) is 12.7 Å². The molecule has 4 nitrogen and oxygen atoms in total. The molecule has 0 amide bonds. The van der Waals surface area contributed by atoms with Gasteiger partial charge in [-0.2, -0.15) is 0 Å². The van der Waals surface area contributed by atoms with Gasteiger partial charge >= 0.3 is 0 Å². The molecule has 0 radical (unpaired) electrons. The van der Waals surface area contributed by atoms with E-state index in [0.29, 0.717) is 12.1 Å². The first-order valence-electron chi connectivity index (χ1n) is 6.69. The second-order valence-corrected chi connectivity index (χ2v) is 5.17. The summed E-state index contributed by atoms with van der Waals surface area (Å²) in [5.74, 6) is 0. The first-order valence-corrected chi connectivity index (χ1v) is 6.69. The zero-order chi connectivity index (χ0) is 13.0. The van der Waals surface area contributed by atoms with Gasteiger partial charge in [-0.1, -0.05) is 13.8 Å². The first-order chi connectivity index (χ1) is 8.66. The highest BCUT2D eigenvalue weighted by atomic mass is 16.5. The molecule has 1 aliphatic heterocycles. The summed E-state index contributed by atoms with van der Waals surface area (Å²) in [6.45, 7) is 10.0. The lowest BCUT2D eigenvalue weighted by Crippen LogP contribution is -2.41. The van der Waals surface area contributed by atoms with Crippen LogP contribution in [-0.4, -0.2) is 36.8 Å². The molecule has 0 spiro atoms. The van der Waals surface area contributed by atoms with E-state index in [-0.39, 0.29) is 0 Å². The van der Waals surface area contributed by atoms with Crippen LogP contribution in [0.5, 0.6) is 0 Å². The van der Waals surface area contributed by atoms with Crippen molar-refractivity contribution in [2.24, 2.45) is 0 Å². The Bertz CT molecular complexity index is 381. The van der Waals surface area contributed by atoms with Crippen LogP contribution in [0.25, 0.3) is 0 Å². The largest absolute Gasteiger partial charge is 0.375 e. The van der Waals surface area contributed by atoms with Gasteiger partial charge in [-0.3, -0.25) is 4.98 Å². The summed E-state index contributed by atoms with van der Waals surface area (Å²) in [6, 6.07) is 2.59. The van der Waals surface area contributed by atoms with Crippen molar-refractivity contribution in [3.63, 3.8) is 0 Å². The fourth-order valence-corrected chi connectivity index (χ4v) is 2.22. The van der Waals surface area contributed by atoms with E-state index in [1.54, 1.807) is 0 Å². The van der Waals surface area contributed by atoms with Crippen molar-refractivity contribution < 1.29 is 4.74 Å². The number of anilines is 1. The third-order valence-corrected chi connectivity index (χ3v) is 3.16. The van der Waals surface area contributed by atoms with Crippen LogP contribution in [0.1, 0.15) is 26.3 Å². The van der Waals surface area contributed by atoms with Crippen molar-refractivity contribution >= 4 is 5.69 Å². The molecule has 1 saturated heterocycles. The van der Waals surface area contributed by atoms with Crippen molar-refractivity contribution in [1.29, 1.82) is 0 Å². The van der Waals surface area contributed by atoms with E-state index in [0.717, 1.165) is 26.2 Å². The molecule has 0 aromatic carbocycles. The van der Waals surface area contributed by atoms with Gasteiger partial charge < -0.3 is 15.0 Å². The van der Waals surface area contributed by atoms with Gasteiger partial charge in [0.25, 0.3) is 0 Å². The topological polar surface area (TPSA) is 37.4 Å². The van der Waals surface area contributed by atoms with Crippen LogP contribution >= 0.6 is 0 Å². The number of aromatic nitrogens is 1. The van der Waals surface area contributed by atoms with Crippen LogP contribution in [0.4, 0.5) is 5.69 Å². The highest BCUT2D eigenvalue weighted by molar-refractivity contribution is 5.52. The van der Waals surface area contributed by atoms with Gasteiger partial charge in [0, 0.05) is 49.3 Å². The average Bonchev–Trinajstić information content (AvgIpc) is 2.36. The fraction of sp³-hybridized carbons (Fsp3) is 0.643. The van der Waals surface area contributed by atoms with E-state index in [1.807, 2.05) is 12.4 Å². The van der Waals surface area contributed by atoms with Gasteiger partial charge in [0.2, 0.25) is 0 Å². The lowest BCUT2D eigenvalue weighted by atomic mass is 10.1. The normalized spacial score (nSPS) is 20.4. The molecule has 2 heterocycles. The molecule has 1 aliphatic rings. The molecule has 0 bridgehead atoms. The molecular weight excluding hydrogens is 226 g/mol. The molecule has 2 rings (SSSR count). The molecule has 1 aromatic heterocycles. The highest BCUT2D eigenvalue weighted by Crippen LogP contribution is 2.21. The van der Waals surface area contributed by atoms with E-state index in [4.69, 9.17) is 4.74 Å². The minimum atomic E-state index is 0.304. The maximum absolute atomic E-state index is 5.59. The molecule has 18 heavy (non-hydrogen) atoms.